The molecular formula is C27H29Cl3IN11O2. The third kappa shape index (κ3) is 7.60. The molecule has 7 heterocycles. The highest BCUT2D eigenvalue weighted by atomic mass is 127. The number of pyridine rings is 2. The molecule has 232 valence electrons. The molecule has 5 aromatic rings. The van der Waals surface area contributed by atoms with Gasteiger partial charge in [0, 0.05) is 43.5 Å². The number of fused-ring (bicyclic) bond motifs is 6. The van der Waals surface area contributed by atoms with Gasteiger partial charge in [-0.05, 0) is 43.4 Å². The van der Waals surface area contributed by atoms with Gasteiger partial charge in [0.15, 0.2) is 5.82 Å². The van der Waals surface area contributed by atoms with E-state index in [-0.39, 0.29) is 18.2 Å². The van der Waals surface area contributed by atoms with E-state index in [1.54, 1.807) is 24.5 Å². The molecule has 0 fully saturated rings. The number of nitrogens with two attached hydrogens (primary N) is 1. The number of ether oxygens (including phenoxy) is 2. The number of halogens is 4. The van der Waals surface area contributed by atoms with Crippen LogP contribution in [0.5, 0.6) is 11.5 Å². The summed E-state index contributed by atoms with van der Waals surface area (Å²) in [6.45, 7) is 8.85. The average molecular weight is 773 g/mol. The zero-order valence-corrected chi connectivity index (χ0v) is 28.4. The Kier molecular flexibility index (Phi) is 11.0. The van der Waals surface area contributed by atoms with Crippen LogP contribution in [0.3, 0.4) is 0 Å². The molecule has 0 spiro atoms. The van der Waals surface area contributed by atoms with Gasteiger partial charge in [-0.2, -0.15) is 5.10 Å². The number of rotatable bonds is 2. The van der Waals surface area contributed by atoms with Crippen molar-refractivity contribution in [3.05, 3.63) is 56.8 Å². The molecule has 17 heteroatoms. The number of imidazole rings is 2. The Balaban J connectivity index is 0.000000184. The number of aromatic nitrogens is 9. The Morgan fingerprint density at radius 3 is 2.00 bits per heavy atom. The minimum Gasteiger partial charge on any atom is -0.491 e. The average Bonchev–Trinajstić information content (AvgIpc) is 3.59. The number of aryl methyl sites for hydroxylation is 2. The van der Waals surface area contributed by atoms with Crippen LogP contribution in [-0.4, -0.2) is 62.9 Å². The lowest BCUT2D eigenvalue weighted by Gasteiger charge is -2.05. The first-order valence-electron chi connectivity index (χ1n) is 13.2. The molecule has 0 aromatic carbocycles. The second-order valence-corrected chi connectivity index (χ2v) is 11.3. The predicted octanol–water partition coefficient (Wildman–Crippen LogP) is 5.54. The van der Waals surface area contributed by atoms with E-state index < -0.39 is 0 Å². The van der Waals surface area contributed by atoms with Crippen molar-refractivity contribution in [2.75, 3.05) is 13.2 Å². The standard InChI is InChI=1S/C15H15ClN6O.C10H7ClIN3O.C2H6N2.ClH/c1-3-22-15(18-9(2)20-22)11-8-21-4-5-23-12-6-13(16)17-7-10(12)14(21)19-11;11-8-3-7-6(4-13-8)10-14-9(12)5-15(10)1-2-16-7;1-2(3)4;/h6-8H,3-5H2,1-2H3;3-5H,1-2H2;1H3,(H3,3,4);1H. The first-order valence-corrected chi connectivity index (χ1v) is 15.1. The molecule has 5 aromatic heterocycles. The van der Waals surface area contributed by atoms with Crippen LogP contribution in [0.15, 0.2) is 36.9 Å². The molecule has 2 aliphatic rings. The molecule has 3 N–H and O–H groups in total. The molecule has 13 nitrogen and oxygen atoms in total. The number of nitrogens with one attached hydrogen (secondary N) is 1. The maximum absolute atomic E-state index is 6.28. The third-order valence-electron chi connectivity index (χ3n) is 6.16. The summed E-state index contributed by atoms with van der Waals surface area (Å²) in [6, 6.07) is 3.45. The van der Waals surface area contributed by atoms with E-state index in [0.29, 0.717) is 35.8 Å². The van der Waals surface area contributed by atoms with Crippen LogP contribution < -0.4 is 15.2 Å². The molecule has 0 amide bonds. The molecule has 0 bridgehead atoms. The summed E-state index contributed by atoms with van der Waals surface area (Å²) < 4.78 is 18.3. The lowest BCUT2D eigenvalue weighted by molar-refractivity contribution is 0.306. The fourth-order valence-electron chi connectivity index (χ4n) is 4.45. The zero-order valence-electron chi connectivity index (χ0n) is 24.0. The largest absolute Gasteiger partial charge is 0.491 e. The Bertz CT molecular complexity index is 1780. The molecule has 7 rings (SSSR count). The van der Waals surface area contributed by atoms with E-state index in [2.05, 4.69) is 56.8 Å². The van der Waals surface area contributed by atoms with Crippen molar-refractivity contribution < 1.29 is 9.47 Å². The van der Waals surface area contributed by atoms with Gasteiger partial charge >= 0.3 is 0 Å². The van der Waals surface area contributed by atoms with E-state index in [1.165, 1.54) is 6.92 Å². The second-order valence-electron chi connectivity index (χ2n) is 9.41. The van der Waals surface area contributed by atoms with Crippen LogP contribution in [-0.2, 0) is 19.6 Å². The summed E-state index contributed by atoms with van der Waals surface area (Å²) in [5.74, 6) is 4.83. The number of hydrogen-bond donors (Lipinski definition) is 2. The summed E-state index contributed by atoms with van der Waals surface area (Å²) >= 11 is 14.0. The molecular weight excluding hydrogens is 744 g/mol. The Morgan fingerprint density at radius 1 is 0.932 bits per heavy atom. The molecule has 44 heavy (non-hydrogen) atoms. The van der Waals surface area contributed by atoms with Gasteiger partial charge in [-0.1, -0.05) is 23.2 Å². The number of amidine groups is 1. The zero-order chi connectivity index (χ0) is 30.7. The smallest absolute Gasteiger partial charge is 0.178 e. The summed E-state index contributed by atoms with van der Waals surface area (Å²) in [5.41, 5.74) is 7.22. The van der Waals surface area contributed by atoms with Crippen LogP contribution in [0.1, 0.15) is 19.7 Å². The van der Waals surface area contributed by atoms with Crippen LogP contribution >= 0.6 is 58.2 Å². The van der Waals surface area contributed by atoms with Gasteiger partial charge < -0.3 is 24.3 Å². The van der Waals surface area contributed by atoms with Crippen molar-refractivity contribution >= 4 is 64.0 Å². The summed E-state index contributed by atoms with van der Waals surface area (Å²) in [4.78, 5) is 21.9. The lowest BCUT2D eigenvalue weighted by atomic mass is 10.2. The normalized spacial score (nSPS) is 12.4. The van der Waals surface area contributed by atoms with Gasteiger partial charge in [-0.25, -0.2) is 29.6 Å². The molecule has 0 aliphatic carbocycles. The van der Waals surface area contributed by atoms with Gasteiger partial charge in [0.2, 0.25) is 0 Å². The first-order chi connectivity index (χ1) is 20.6. The van der Waals surface area contributed by atoms with Crippen molar-refractivity contribution in [3.8, 4) is 45.8 Å². The molecule has 2 aliphatic heterocycles. The Labute approximate surface area is 283 Å². The maximum atomic E-state index is 6.28. The minimum absolute atomic E-state index is 0. The quantitative estimate of drug-likeness (QED) is 0.102. The Morgan fingerprint density at radius 2 is 1.45 bits per heavy atom. The van der Waals surface area contributed by atoms with Crippen molar-refractivity contribution in [1.29, 1.82) is 5.41 Å². The fraction of sp³-hybridized carbons (Fsp3) is 0.296. The third-order valence-corrected chi connectivity index (χ3v) is 7.09. The van der Waals surface area contributed by atoms with Gasteiger partial charge in [0.25, 0.3) is 0 Å². The van der Waals surface area contributed by atoms with E-state index >= 15 is 0 Å². The van der Waals surface area contributed by atoms with E-state index in [0.717, 1.165) is 62.7 Å². The lowest BCUT2D eigenvalue weighted by Crippen LogP contribution is -2.04. The minimum atomic E-state index is 0. The second kappa shape index (κ2) is 14.5. The highest BCUT2D eigenvalue weighted by molar-refractivity contribution is 14.1. The van der Waals surface area contributed by atoms with Crippen molar-refractivity contribution in [2.45, 2.75) is 40.4 Å². The number of hydrogen-bond acceptors (Lipinski definition) is 9. The predicted molar refractivity (Wildman–Crippen MR) is 179 cm³/mol. The SMILES string of the molecule is CC(=N)N.CCn1nc(C)nc1-c1cn2c(n1)-c1cnc(Cl)cc1OCC2.Cl.Clc1cc2c(cn1)-c1nc(I)cn1CCO2. The highest BCUT2D eigenvalue weighted by Gasteiger charge is 2.22. The maximum Gasteiger partial charge on any atom is 0.178 e. The Hall–Kier alpha value is -3.47. The fourth-order valence-corrected chi connectivity index (χ4v) is 5.31. The molecule has 0 saturated heterocycles. The van der Waals surface area contributed by atoms with Crippen LogP contribution in [0.2, 0.25) is 10.3 Å². The number of nitrogens with zero attached hydrogens (tertiary/aromatic N) is 9. The summed E-state index contributed by atoms with van der Waals surface area (Å²) in [5, 5.41) is 11.5. The topological polar surface area (TPSA) is 160 Å². The van der Waals surface area contributed by atoms with E-state index in [4.69, 9.17) is 48.8 Å². The molecule has 0 saturated carbocycles. The summed E-state index contributed by atoms with van der Waals surface area (Å²) in [6.07, 6.45) is 7.39. The van der Waals surface area contributed by atoms with Gasteiger partial charge in [-0.3, -0.25) is 5.41 Å². The van der Waals surface area contributed by atoms with Gasteiger partial charge in [0.1, 0.15) is 61.9 Å². The van der Waals surface area contributed by atoms with Crippen molar-refractivity contribution in [3.63, 3.8) is 0 Å². The van der Waals surface area contributed by atoms with E-state index in [9.17, 15) is 0 Å². The monoisotopic (exact) mass is 771 g/mol. The first kappa shape index (κ1) is 33.4. The van der Waals surface area contributed by atoms with Crippen LogP contribution in [0.4, 0.5) is 0 Å². The summed E-state index contributed by atoms with van der Waals surface area (Å²) in [7, 11) is 0. The van der Waals surface area contributed by atoms with Gasteiger partial charge in [-0.15, -0.1) is 12.4 Å². The van der Waals surface area contributed by atoms with Crippen LogP contribution in [0.25, 0.3) is 34.3 Å². The highest BCUT2D eigenvalue weighted by Crippen LogP contribution is 2.35. The van der Waals surface area contributed by atoms with Crippen molar-refractivity contribution in [2.24, 2.45) is 5.73 Å². The molecule has 0 atom stereocenters. The van der Waals surface area contributed by atoms with Crippen molar-refractivity contribution in [1.82, 2.24) is 43.8 Å². The molecule has 0 unspecified atom stereocenters. The molecule has 0 radical (unpaired) electrons. The van der Waals surface area contributed by atoms with E-state index in [1.807, 2.05) is 30.9 Å². The van der Waals surface area contributed by atoms with Crippen LogP contribution in [0, 0.1) is 16.0 Å². The van der Waals surface area contributed by atoms with Gasteiger partial charge in [0.05, 0.1) is 30.1 Å².